The first kappa shape index (κ1) is 28.2. The number of nitro benzene ring substituents is 1. The second-order valence-corrected chi connectivity index (χ2v) is 11.1. The molecule has 198 valence electrons. The number of esters is 1. The van der Waals surface area contributed by atoms with Gasteiger partial charge in [-0.05, 0) is 70.5 Å². The summed E-state index contributed by atoms with van der Waals surface area (Å²) >= 11 is 0. The maximum absolute atomic E-state index is 13.1. The summed E-state index contributed by atoms with van der Waals surface area (Å²) in [5.74, 6) is -1.44. The van der Waals surface area contributed by atoms with Gasteiger partial charge in [-0.1, -0.05) is 47.6 Å². The average molecular weight is 517 g/mol. The first-order chi connectivity index (χ1) is 17.6. The average Bonchev–Trinajstić information content (AvgIpc) is 2.86. The maximum Gasteiger partial charge on any atom is 0.338 e. The van der Waals surface area contributed by atoms with Gasteiger partial charge in [0, 0.05) is 28.9 Å². The molecule has 3 aromatic carbocycles. The third kappa shape index (κ3) is 7.12. The second-order valence-electron chi connectivity index (χ2n) is 11.1. The fourth-order valence-electron chi connectivity index (χ4n) is 3.58. The Hall–Kier alpha value is -4.33. The summed E-state index contributed by atoms with van der Waals surface area (Å²) in [5.41, 5.74) is 3.21. The van der Waals surface area contributed by atoms with Crippen molar-refractivity contribution in [2.75, 3.05) is 11.9 Å². The number of nitrogens with one attached hydrogen (secondary N) is 1. The molecule has 0 aliphatic carbocycles. The Morgan fingerprint density at radius 1 is 0.763 bits per heavy atom. The SMILES string of the molecule is CC(C)(C)c1cc(C(=O)Nc2ccc(C(=O)OCC(=O)c3ccc([N+](=O)[O-])cc3)cc2)cc(C(C)(C)C)c1. The van der Waals surface area contributed by atoms with E-state index in [1.165, 1.54) is 36.4 Å². The fraction of sp³-hybridized carbons (Fsp3) is 0.300. The van der Waals surface area contributed by atoms with Gasteiger partial charge in [-0.15, -0.1) is 0 Å². The zero-order valence-electron chi connectivity index (χ0n) is 22.5. The van der Waals surface area contributed by atoms with E-state index < -0.39 is 23.3 Å². The number of benzene rings is 3. The molecule has 0 unspecified atom stereocenters. The van der Waals surface area contributed by atoms with Crippen LogP contribution < -0.4 is 5.32 Å². The Kier molecular flexibility index (Phi) is 8.15. The standard InChI is InChI=1S/C30H32N2O6/c1-29(2,3)22-15-21(16-23(17-22)30(4,5)6)27(34)31-24-11-7-20(8-12-24)28(35)38-18-26(33)19-9-13-25(14-10-19)32(36)37/h7-17H,18H2,1-6H3,(H,31,34). The highest BCUT2D eigenvalue weighted by molar-refractivity contribution is 6.05. The van der Waals surface area contributed by atoms with Crippen LogP contribution in [-0.4, -0.2) is 29.2 Å². The molecule has 0 aromatic heterocycles. The maximum atomic E-state index is 13.1. The van der Waals surface area contributed by atoms with Gasteiger partial charge in [-0.2, -0.15) is 0 Å². The lowest BCUT2D eigenvalue weighted by molar-refractivity contribution is -0.384. The minimum Gasteiger partial charge on any atom is -0.454 e. The van der Waals surface area contributed by atoms with E-state index in [0.717, 1.165) is 11.1 Å². The van der Waals surface area contributed by atoms with Crippen molar-refractivity contribution in [3.8, 4) is 0 Å². The molecule has 0 atom stereocenters. The molecule has 0 bridgehead atoms. The third-order valence-electron chi connectivity index (χ3n) is 6.04. The molecule has 3 rings (SSSR count). The van der Waals surface area contributed by atoms with Crippen LogP contribution in [0.15, 0.2) is 66.7 Å². The van der Waals surface area contributed by atoms with Crippen molar-refractivity contribution in [1.29, 1.82) is 0 Å². The first-order valence-corrected chi connectivity index (χ1v) is 12.2. The predicted octanol–water partition coefficient (Wildman–Crippen LogP) is 6.48. The summed E-state index contributed by atoms with van der Waals surface area (Å²) in [7, 11) is 0. The van der Waals surface area contributed by atoms with E-state index in [1.807, 2.05) is 12.1 Å². The Morgan fingerprint density at radius 2 is 1.26 bits per heavy atom. The molecule has 0 aliphatic heterocycles. The van der Waals surface area contributed by atoms with Crippen LogP contribution in [0.3, 0.4) is 0 Å². The van der Waals surface area contributed by atoms with E-state index in [-0.39, 0.29) is 33.6 Å². The number of hydrogen-bond acceptors (Lipinski definition) is 6. The molecule has 8 heteroatoms. The molecule has 38 heavy (non-hydrogen) atoms. The van der Waals surface area contributed by atoms with Crippen molar-refractivity contribution in [2.45, 2.75) is 52.4 Å². The van der Waals surface area contributed by atoms with Gasteiger partial charge in [-0.25, -0.2) is 4.79 Å². The molecule has 1 N–H and O–H groups in total. The molecule has 1 amide bonds. The Labute approximate surface area is 222 Å². The lowest BCUT2D eigenvalue weighted by atomic mass is 9.79. The van der Waals surface area contributed by atoms with Gasteiger partial charge in [0.15, 0.2) is 12.4 Å². The van der Waals surface area contributed by atoms with Crippen LogP contribution in [-0.2, 0) is 15.6 Å². The van der Waals surface area contributed by atoms with E-state index >= 15 is 0 Å². The first-order valence-electron chi connectivity index (χ1n) is 12.2. The molecule has 8 nitrogen and oxygen atoms in total. The van der Waals surface area contributed by atoms with Gasteiger partial charge in [0.25, 0.3) is 11.6 Å². The number of nitrogens with zero attached hydrogens (tertiary/aromatic N) is 1. The number of ether oxygens (including phenoxy) is 1. The normalized spacial score (nSPS) is 11.5. The molecule has 0 heterocycles. The molecule has 3 aromatic rings. The molecule has 0 spiro atoms. The van der Waals surface area contributed by atoms with Crippen LogP contribution in [0.4, 0.5) is 11.4 Å². The van der Waals surface area contributed by atoms with Crippen molar-refractivity contribution >= 4 is 29.0 Å². The van der Waals surface area contributed by atoms with E-state index in [4.69, 9.17) is 4.74 Å². The highest BCUT2D eigenvalue weighted by atomic mass is 16.6. The van der Waals surface area contributed by atoms with Crippen molar-refractivity contribution in [2.24, 2.45) is 0 Å². The monoisotopic (exact) mass is 516 g/mol. The summed E-state index contributed by atoms with van der Waals surface area (Å²) < 4.78 is 5.09. The van der Waals surface area contributed by atoms with Gasteiger partial charge in [-0.3, -0.25) is 19.7 Å². The summed E-state index contributed by atoms with van der Waals surface area (Å²) in [4.78, 5) is 47.9. The zero-order valence-corrected chi connectivity index (χ0v) is 22.5. The van der Waals surface area contributed by atoms with Crippen LogP contribution in [0, 0.1) is 10.1 Å². The number of carbonyl (C=O) groups is 3. The molecule has 0 saturated carbocycles. The predicted molar refractivity (Wildman–Crippen MR) is 146 cm³/mol. The van der Waals surface area contributed by atoms with Crippen LogP contribution in [0.25, 0.3) is 0 Å². The topological polar surface area (TPSA) is 116 Å². The van der Waals surface area contributed by atoms with E-state index in [0.29, 0.717) is 11.3 Å². The number of anilines is 1. The summed E-state index contributed by atoms with van der Waals surface area (Å²) in [6, 6.07) is 17.2. The number of carbonyl (C=O) groups excluding carboxylic acids is 3. The molecule has 0 fully saturated rings. The van der Waals surface area contributed by atoms with Gasteiger partial charge in [0.1, 0.15) is 0 Å². The molecule has 0 saturated heterocycles. The van der Waals surface area contributed by atoms with Gasteiger partial charge < -0.3 is 10.1 Å². The fourth-order valence-corrected chi connectivity index (χ4v) is 3.58. The van der Waals surface area contributed by atoms with Crippen LogP contribution in [0.1, 0.15) is 83.7 Å². The largest absolute Gasteiger partial charge is 0.454 e. The van der Waals surface area contributed by atoms with Crippen molar-refractivity contribution < 1.29 is 24.0 Å². The number of ketones is 1. The molecule has 0 aliphatic rings. The van der Waals surface area contributed by atoms with Crippen LogP contribution >= 0.6 is 0 Å². The number of Topliss-reactive ketones (excluding diaryl/α,β-unsaturated/α-hetero) is 1. The summed E-state index contributed by atoms with van der Waals surface area (Å²) in [6.07, 6.45) is 0. The minimum atomic E-state index is -0.703. The third-order valence-corrected chi connectivity index (χ3v) is 6.04. The quantitative estimate of drug-likeness (QED) is 0.166. The summed E-state index contributed by atoms with van der Waals surface area (Å²) in [6.45, 7) is 12.1. The molecular weight excluding hydrogens is 484 g/mol. The Bertz CT molecular complexity index is 1330. The van der Waals surface area contributed by atoms with E-state index in [1.54, 1.807) is 12.1 Å². The van der Waals surface area contributed by atoms with E-state index in [9.17, 15) is 24.5 Å². The van der Waals surface area contributed by atoms with Gasteiger partial charge in [0.05, 0.1) is 10.5 Å². The number of amides is 1. The van der Waals surface area contributed by atoms with Crippen molar-refractivity contribution in [3.05, 3.63) is 105 Å². The van der Waals surface area contributed by atoms with Gasteiger partial charge >= 0.3 is 5.97 Å². The number of hydrogen-bond donors (Lipinski definition) is 1. The smallest absolute Gasteiger partial charge is 0.338 e. The van der Waals surface area contributed by atoms with E-state index in [2.05, 4.69) is 52.9 Å². The Morgan fingerprint density at radius 3 is 1.74 bits per heavy atom. The number of nitro groups is 1. The minimum absolute atomic E-state index is 0.127. The van der Waals surface area contributed by atoms with Gasteiger partial charge in [0.2, 0.25) is 0 Å². The number of rotatable bonds is 7. The second kappa shape index (κ2) is 11.0. The van der Waals surface area contributed by atoms with Crippen LogP contribution in [0.5, 0.6) is 0 Å². The highest BCUT2D eigenvalue weighted by Crippen LogP contribution is 2.30. The highest BCUT2D eigenvalue weighted by Gasteiger charge is 2.22. The molecule has 0 radical (unpaired) electrons. The summed E-state index contributed by atoms with van der Waals surface area (Å²) in [5, 5.41) is 13.6. The van der Waals surface area contributed by atoms with Crippen LogP contribution in [0.2, 0.25) is 0 Å². The lowest BCUT2D eigenvalue weighted by Crippen LogP contribution is -2.20. The van der Waals surface area contributed by atoms with Crippen molar-refractivity contribution in [1.82, 2.24) is 0 Å². The molecular formula is C30H32N2O6. The zero-order chi connectivity index (χ0) is 28.3. The van der Waals surface area contributed by atoms with Crippen molar-refractivity contribution in [3.63, 3.8) is 0 Å². The Balaban J connectivity index is 1.66. The number of non-ortho nitro benzene ring substituents is 1. The lowest BCUT2D eigenvalue weighted by Gasteiger charge is -2.26.